The number of phenolic OH excluding ortho intramolecular Hbond substituents is 1. The highest BCUT2D eigenvalue weighted by atomic mass is 16.3. The van der Waals surface area contributed by atoms with Gasteiger partial charge in [-0.2, -0.15) is 0 Å². The van der Waals surface area contributed by atoms with Crippen molar-refractivity contribution in [2.24, 2.45) is 0 Å². The summed E-state index contributed by atoms with van der Waals surface area (Å²) in [5, 5.41) is 14.5. The van der Waals surface area contributed by atoms with Crippen LogP contribution >= 0.6 is 0 Å². The van der Waals surface area contributed by atoms with Gasteiger partial charge >= 0.3 is 0 Å². The highest BCUT2D eigenvalue weighted by molar-refractivity contribution is 5.83. The monoisotopic (exact) mass is 276 g/mol. The summed E-state index contributed by atoms with van der Waals surface area (Å²) in [6.45, 7) is 0.914. The number of phenols is 1. The average molecular weight is 276 g/mol. The van der Waals surface area contributed by atoms with Gasteiger partial charge in [-0.3, -0.25) is 4.98 Å². The minimum Gasteiger partial charge on any atom is -0.508 e. The fourth-order valence-electron chi connectivity index (χ4n) is 3.20. The fraction of sp³-hybridized carbons (Fsp3) is 0.167. The van der Waals surface area contributed by atoms with Crippen molar-refractivity contribution >= 4 is 10.9 Å². The van der Waals surface area contributed by atoms with Crippen LogP contribution in [0, 0.1) is 0 Å². The number of nitrogens with one attached hydrogen (secondary N) is 1. The van der Waals surface area contributed by atoms with Crippen molar-refractivity contribution < 1.29 is 5.11 Å². The zero-order valence-corrected chi connectivity index (χ0v) is 11.6. The van der Waals surface area contributed by atoms with Crippen LogP contribution in [0.1, 0.15) is 22.7 Å². The third-order valence-electron chi connectivity index (χ3n) is 4.17. The van der Waals surface area contributed by atoms with Gasteiger partial charge in [0.15, 0.2) is 0 Å². The van der Waals surface area contributed by atoms with Crippen molar-refractivity contribution in [1.82, 2.24) is 10.3 Å². The molecule has 1 unspecified atom stereocenters. The Balaban J connectivity index is 1.91. The standard InChI is InChI=1S/C18H16N2O/c21-13-5-6-14-12(11-13)7-9-20-18(14)16-8-10-19-17-4-2-1-3-15(16)17/h1-6,8,10-11,18,20-21H,7,9H2. The Hall–Kier alpha value is -2.39. The van der Waals surface area contributed by atoms with Gasteiger partial charge in [-0.25, -0.2) is 0 Å². The van der Waals surface area contributed by atoms with Crippen molar-refractivity contribution in [3.8, 4) is 5.75 Å². The van der Waals surface area contributed by atoms with E-state index in [4.69, 9.17) is 0 Å². The molecule has 1 aliphatic rings. The second-order valence-electron chi connectivity index (χ2n) is 5.44. The van der Waals surface area contributed by atoms with Crippen molar-refractivity contribution in [2.45, 2.75) is 12.5 Å². The second kappa shape index (κ2) is 4.86. The zero-order valence-electron chi connectivity index (χ0n) is 11.6. The van der Waals surface area contributed by atoms with Crippen LogP contribution in [0.3, 0.4) is 0 Å². The number of hydrogen-bond acceptors (Lipinski definition) is 3. The first-order valence-corrected chi connectivity index (χ1v) is 7.22. The van der Waals surface area contributed by atoms with Crippen LogP contribution in [0.5, 0.6) is 5.75 Å². The van der Waals surface area contributed by atoms with E-state index in [1.807, 2.05) is 36.5 Å². The van der Waals surface area contributed by atoms with Crippen molar-refractivity contribution in [1.29, 1.82) is 0 Å². The van der Waals surface area contributed by atoms with Crippen LogP contribution in [-0.2, 0) is 6.42 Å². The molecule has 0 radical (unpaired) electrons. The maximum atomic E-state index is 9.69. The highest BCUT2D eigenvalue weighted by Crippen LogP contribution is 2.33. The molecular weight excluding hydrogens is 260 g/mol. The van der Waals surface area contributed by atoms with E-state index in [2.05, 4.69) is 22.4 Å². The normalized spacial score (nSPS) is 17.6. The number of rotatable bonds is 1. The molecule has 0 bridgehead atoms. The number of pyridine rings is 1. The molecule has 0 amide bonds. The predicted octanol–water partition coefficient (Wildman–Crippen LogP) is 3.18. The third kappa shape index (κ3) is 2.06. The zero-order chi connectivity index (χ0) is 14.2. The molecule has 1 aliphatic heterocycles. The summed E-state index contributed by atoms with van der Waals surface area (Å²) in [4.78, 5) is 4.44. The van der Waals surface area contributed by atoms with E-state index in [-0.39, 0.29) is 6.04 Å². The Labute approximate surface area is 123 Å². The Morgan fingerprint density at radius 1 is 1.05 bits per heavy atom. The quantitative estimate of drug-likeness (QED) is 0.717. The van der Waals surface area contributed by atoms with Crippen molar-refractivity contribution in [2.75, 3.05) is 6.54 Å². The van der Waals surface area contributed by atoms with Gasteiger partial charge in [-0.05, 0) is 47.4 Å². The first-order chi connectivity index (χ1) is 10.3. The lowest BCUT2D eigenvalue weighted by Gasteiger charge is -2.28. The van der Waals surface area contributed by atoms with Crippen molar-refractivity contribution in [3.63, 3.8) is 0 Å². The summed E-state index contributed by atoms with van der Waals surface area (Å²) in [7, 11) is 0. The largest absolute Gasteiger partial charge is 0.508 e. The van der Waals surface area contributed by atoms with E-state index in [1.165, 1.54) is 22.1 Å². The summed E-state index contributed by atoms with van der Waals surface area (Å²) >= 11 is 0. The Morgan fingerprint density at radius 2 is 1.95 bits per heavy atom. The van der Waals surface area contributed by atoms with Crippen LogP contribution in [0.4, 0.5) is 0 Å². The molecule has 3 heteroatoms. The molecular formula is C18H16N2O. The van der Waals surface area contributed by atoms with Gasteiger partial charge < -0.3 is 10.4 Å². The topological polar surface area (TPSA) is 45.1 Å². The molecule has 2 N–H and O–H groups in total. The van der Waals surface area contributed by atoms with Crippen molar-refractivity contribution in [3.05, 3.63) is 71.4 Å². The molecule has 21 heavy (non-hydrogen) atoms. The number of fused-ring (bicyclic) bond motifs is 2. The lowest BCUT2D eigenvalue weighted by Crippen LogP contribution is -2.30. The van der Waals surface area contributed by atoms with E-state index in [0.29, 0.717) is 5.75 Å². The highest BCUT2D eigenvalue weighted by Gasteiger charge is 2.23. The summed E-state index contributed by atoms with van der Waals surface area (Å²) < 4.78 is 0. The number of para-hydroxylation sites is 1. The van der Waals surface area contributed by atoms with Gasteiger partial charge in [0.1, 0.15) is 5.75 Å². The number of hydrogen-bond donors (Lipinski definition) is 2. The van der Waals surface area contributed by atoms with Crippen LogP contribution in [0.15, 0.2) is 54.7 Å². The molecule has 0 aliphatic carbocycles. The summed E-state index contributed by atoms with van der Waals surface area (Å²) in [6, 6.07) is 16.1. The lowest BCUT2D eigenvalue weighted by molar-refractivity contribution is 0.471. The molecule has 1 aromatic heterocycles. The molecule has 104 valence electrons. The van der Waals surface area contributed by atoms with E-state index in [0.717, 1.165) is 18.5 Å². The van der Waals surface area contributed by atoms with E-state index in [1.54, 1.807) is 6.07 Å². The van der Waals surface area contributed by atoms with E-state index < -0.39 is 0 Å². The Kier molecular flexibility index (Phi) is 2.86. The number of aromatic hydroxyl groups is 1. The van der Waals surface area contributed by atoms with Crippen LogP contribution in [0.25, 0.3) is 10.9 Å². The maximum Gasteiger partial charge on any atom is 0.115 e. The first kappa shape index (κ1) is 12.4. The van der Waals surface area contributed by atoms with Gasteiger partial charge in [0.25, 0.3) is 0 Å². The minimum atomic E-state index is 0.155. The molecule has 0 fully saturated rings. The summed E-state index contributed by atoms with van der Waals surface area (Å²) in [6.07, 6.45) is 2.82. The lowest BCUT2D eigenvalue weighted by atomic mass is 9.88. The first-order valence-electron chi connectivity index (χ1n) is 7.22. The van der Waals surface area contributed by atoms with Gasteiger partial charge in [-0.15, -0.1) is 0 Å². The van der Waals surface area contributed by atoms with E-state index >= 15 is 0 Å². The summed E-state index contributed by atoms with van der Waals surface area (Å²) in [5.41, 5.74) is 4.73. The maximum absolute atomic E-state index is 9.69. The SMILES string of the molecule is Oc1ccc2c(c1)CCNC2c1ccnc2ccccc12. The van der Waals surface area contributed by atoms with E-state index in [9.17, 15) is 5.11 Å². The molecule has 2 aromatic carbocycles. The summed E-state index contributed by atoms with van der Waals surface area (Å²) in [5.74, 6) is 0.342. The van der Waals surface area contributed by atoms with Gasteiger partial charge in [-0.1, -0.05) is 24.3 Å². The number of benzene rings is 2. The molecule has 4 rings (SSSR count). The minimum absolute atomic E-state index is 0.155. The molecule has 0 spiro atoms. The van der Waals surface area contributed by atoms with Crippen LogP contribution < -0.4 is 5.32 Å². The molecule has 0 saturated carbocycles. The number of aromatic nitrogens is 1. The van der Waals surface area contributed by atoms with Gasteiger partial charge in [0.2, 0.25) is 0 Å². The Morgan fingerprint density at radius 3 is 2.90 bits per heavy atom. The average Bonchev–Trinajstić information content (AvgIpc) is 2.53. The van der Waals surface area contributed by atoms with Crippen LogP contribution in [-0.4, -0.2) is 16.6 Å². The smallest absolute Gasteiger partial charge is 0.115 e. The van der Waals surface area contributed by atoms with Crippen LogP contribution in [0.2, 0.25) is 0 Å². The molecule has 3 aromatic rings. The molecule has 1 atom stereocenters. The second-order valence-corrected chi connectivity index (χ2v) is 5.44. The Bertz CT molecular complexity index is 808. The molecule has 2 heterocycles. The third-order valence-corrected chi connectivity index (χ3v) is 4.17. The molecule has 0 saturated heterocycles. The predicted molar refractivity (Wildman–Crippen MR) is 83.4 cm³/mol. The van der Waals surface area contributed by atoms with Gasteiger partial charge in [0, 0.05) is 18.1 Å². The van der Waals surface area contributed by atoms with Gasteiger partial charge in [0.05, 0.1) is 11.6 Å². The fourth-order valence-corrected chi connectivity index (χ4v) is 3.20. The molecule has 3 nitrogen and oxygen atoms in total. The number of nitrogens with zero attached hydrogens (tertiary/aromatic N) is 1.